The van der Waals surface area contributed by atoms with Crippen molar-refractivity contribution in [1.82, 2.24) is 0 Å². The van der Waals surface area contributed by atoms with E-state index in [-0.39, 0.29) is 35.4 Å². The number of hydrogen-bond donors (Lipinski definition) is 0. The fraction of sp³-hybridized carbons (Fsp3) is 0. The van der Waals surface area contributed by atoms with Gasteiger partial charge in [-0.25, -0.2) is 0 Å². The molecular weight excluding hydrogens is 615 g/mol. The Balaban J connectivity index is 1.17. The third-order valence-corrected chi connectivity index (χ3v) is 9.52. The second-order valence-corrected chi connectivity index (χ2v) is 12.7. The molecule has 9 aromatic rings. The SMILES string of the molecule is [2H]c1c([2H])c(N(c2ccc(-c3cccc(-c4cccc5ccccc45)c3)cc2)c2cccc3ccccc23)c([2H])c([2H])c1-c1cccc(-c2ccccc2)c1. The van der Waals surface area contributed by atoms with E-state index < -0.39 is 0 Å². The lowest BCUT2D eigenvalue weighted by Crippen LogP contribution is -2.10. The van der Waals surface area contributed by atoms with Crippen LogP contribution in [0.1, 0.15) is 5.48 Å². The lowest BCUT2D eigenvalue weighted by Gasteiger charge is -2.27. The van der Waals surface area contributed by atoms with Crippen LogP contribution in [-0.2, 0) is 0 Å². The lowest BCUT2D eigenvalue weighted by molar-refractivity contribution is 1.30. The molecule has 0 amide bonds. The molecule has 0 N–H and O–H groups in total. The first kappa shape index (κ1) is 26.2. The smallest absolute Gasteiger partial charge is 0.0645 e. The van der Waals surface area contributed by atoms with E-state index in [9.17, 15) is 5.48 Å². The molecule has 0 spiro atoms. The van der Waals surface area contributed by atoms with Crippen molar-refractivity contribution in [2.45, 2.75) is 0 Å². The lowest BCUT2D eigenvalue weighted by atomic mass is 9.95. The van der Waals surface area contributed by atoms with Gasteiger partial charge in [0.05, 0.1) is 11.2 Å². The minimum absolute atomic E-state index is 0.0895. The highest BCUT2D eigenvalue weighted by atomic mass is 15.1. The number of hydrogen-bond acceptors (Lipinski definition) is 1. The molecule has 0 atom stereocenters. The van der Waals surface area contributed by atoms with Gasteiger partial charge in [0.15, 0.2) is 0 Å². The zero-order valence-corrected chi connectivity index (χ0v) is 27.8. The van der Waals surface area contributed by atoms with Gasteiger partial charge in [-0.05, 0) is 103 Å². The highest BCUT2D eigenvalue weighted by molar-refractivity contribution is 6.00. The Morgan fingerprint density at radius 1 is 0.314 bits per heavy atom. The van der Waals surface area contributed by atoms with E-state index >= 15 is 0 Å². The van der Waals surface area contributed by atoms with Crippen molar-refractivity contribution < 1.29 is 5.48 Å². The molecule has 0 aliphatic rings. The van der Waals surface area contributed by atoms with Crippen molar-refractivity contribution >= 4 is 38.6 Å². The average Bonchev–Trinajstić information content (AvgIpc) is 3.25. The molecule has 9 aromatic carbocycles. The van der Waals surface area contributed by atoms with Crippen molar-refractivity contribution in [2.24, 2.45) is 0 Å². The van der Waals surface area contributed by atoms with Crippen molar-refractivity contribution in [3.8, 4) is 44.5 Å². The van der Waals surface area contributed by atoms with Crippen LogP contribution in [0.15, 0.2) is 212 Å². The second kappa shape index (κ2) is 13.3. The van der Waals surface area contributed by atoms with Crippen LogP contribution in [0.2, 0.25) is 0 Å². The molecule has 51 heavy (non-hydrogen) atoms. The summed E-state index contributed by atoms with van der Waals surface area (Å²) in [5.41, 5.74) is 8.96. The minimum Gasteiger partial charge on any atom is -0.310 e. The topological polar surface area (TPSA) is 3.24 Å². The monoisotopic (exact) mass is 653 g/mol. The molecule has 240 valence electrons. The van der Waals surface area contributed by atoms with Crippen molar-refractivity contribution in [1.29, 1.82) is 0 Å². The van der Waals surface area contributed by atoms with Crippen LogP contribution in [0, 0.1) is 0 Å². The zero-order chi connectivity index (χ0) is 37.5. The maximum atomic E-state index is 9.48. The number of rotatable bonds is 7. The first-order valence-electron chi connectivity index (χ1n) is 19.2. The van der Waals surface area contributed by atoms with Gasteiger partial charge in [0, 0.05) is 16.8 Å². The Hall–Kier alpha value is -6.70. The Bertz CT molecular complexity index is 2830. The predicted molar refractivity (Wildman–Crippen MR) is 218 cm³/mol. The van der Waals surface area contributed by atoms with Crippen LogP contribution in [0.4, 0.5) is 17.1 Å². The standard InChI is InChI=1S/C50H35N/c1-2-12-36(13-3-1)41-18-8-19-42(34-41)37-26-30-45(31-27-37)51(50-25-11-17-40-15-5-7-23-49(40)50)46-32-28-38(29-33-46)43-20-9-21-44(35-43)48-24-10-16-39-14-4-6-22-47(39)48/h1-35H/i26D,27D,30D,31D. The summed E-state index contributed by atoms with van der Waals surface area (Å²) in [6.45, 7) is 0. The van der Waals surface area contributed by atoms with E-state index in [0.29, 0.717) is 5.56 Å². The number of anilines is 3. The van der Waals surface area contributed by atoms with Gasteiger partial charge in [0.2, 0.25) is 0 Å². The Labute approximate surface area is 305 Å². The van der Waals surface area contributed by atoms with Crippen LogP contribution in [0.3, 0.4) is 0 Å². The summed E-state index contributed by atoms with van der Waals surface area (Å²) in [7, 11) is 0. The van der Waals surface area contributed by atoms with Gasteiger partial charge >= 0.3 is 0 Å². The van der Waals surface area contributed by atoms with Crippen molar-refractivity contribution in [3.05, 3.63) is 212 Å². The molecule has 9 rings (SSSR count). The van der Waals surface area contributed by atoms with Gasteiger partial charge < -0.3 is 4.90 Å². The Kier molecular flexibility index (Phi) is 6.84. The molecule has 0 aromatic heterocycles. The summed E-state index contributed by atoms with van der Waals surface area (Å²) < 4.78 is 37.6. The molecule has 1 heteroatoms. The summed E-state index contributed by atoms with van der Waals surface area (Å²) in [6, 6.07) is 62.8. The fourth-order valence-corrected chi connectivity index (χ4v) is 6.99. The van der Waals surface area contributed by atoms with Gasteiger partial charge in [-0.1, -0.05) is 170 Å². The van der Waals surface area contributed by atoms with Crippen LogP contribution >= 0.6 is 0 Å². The molecule has 0 bridgehead atoms. The van der Waals surface area contributed by atoms with Gasteiger partial charge in [0.25, 0.3) is 0 Å². The van der Waals surface area contributed by atoms with Crippen LogP contribution in [0.5, 0.6) is 0 Å². The molecule has 0 saturated carbocycles. The van der Waals surface area contributed by atoms with Crippen LogP contribution in [0.25, 0.3) is 66.1 Å². The molecule has 0 radical (unpaired) electrons. The van der Waals surface area contributed by atoms with Crippen LogP contribution in [-0.4, -0.2) is 0 Å². The van der Waals surface area contributed by atoms with E-state index in [1.54, 1.807) is 0 Å². The maximum Gasteiger partial charge on any atom is 0.0645 e. The molecule has 0 aliphatic heterocycles. The fourth-order valence-electron chi connectivity index (χ4n) is 6.99. The highest BCUT2D eigenvalue weighted by Gasteiger charge is 2.16. The highest BCUT2D eigenvalue weighted by Crippen LogP contribution is 2.41. The normalized spacial score (nSPS) is 12.2. The number of nitrogens with zero attached hydrogens (tertiary/aromatic N) is 1. The van der Waals surface area contributed by atoms with E-state index in [1.807, 2.05) is 114 Å². The quantitative estimate of drug-likeness (QED) is 0.165. The van der Waals surface area contributed by atoms with Gasteiger partial charge in [-0.2, -0.15) is 0 Å². The van der Waals surface area contributed by atoms with Crippen molar-refractivity contribution in [3.63, 3.8) is 0 Å². The summed E-state index contributed by atoms with van der Waals surface area (Å²) in [5, 5.41) is 4.36. The first-order chi connectivity index (χ1) is 27.0. The van der Waals surface area contributed by atoms with Gasteiger partial charge in [-0.15, -0.1) is 0 Å². The van der Waals surface area contributed by atoms with Crippen LogP contribution < -0.4 is 4.90 Å². The summed E-state index contributed by atoms with van der Waals surface area (Å²) >= 11 is 0. The third kappa shape index (κ3) is 5.96. The largest absolute Gasteiger partial charge is 0.310 e. The van der Waals surface area contributed by atoms with Crippen molar-refractivity contribution in [2.75, 3.05) is 4.90 Å². The predicted octanol–water partition coefficient (Wildman–Crippen LogP) is 14.1. The molecule has 0 fully saturated rings. The summed E-state index contributed by atoms with van der Waals surface area (Å²) in [4.78, 5) is 1.88. The first-order valence-corrected chi connectivity index (χ1v) is 17.2. The summed E-state index contributed by atoms with van der Waals surface area (Å²) in [5.74, 6) is 0. The third-order valence-electron chi connectivity index (χ3n) is 9.52. The van der Waals surface area contributed by atoms with Gasteiger partial charge in [0.1, 0.15) is 0 Å². The Morgan fingerprint density at radius 2 is 0.804 bits per heavy atom. The molecule has 0 unspecified atom stereocenters. The molecular formula is C50H35N. The van der Waals surface area contributed by atoms with E-state index in [2.05, 4.69) is 78.9 Å². The maximum absolute atomic E-state index is 9.48. The molecule has 1 nitrogen and oxygen atoms in total. The minimum atomic E-state index is -0.110. The number of benzene rings is 9. The number of fused-ring (bicyclic) bond motifs is 2. The van der Waals surface area contributed by atoms with E-state index in [0.717, 1.165) is 50.0 Å². The second-order valence-electron chi connectivity index (χ2n) is 12.7. The summed E-state index contributed by atoms with van der Waals surface area (Å²) in [6.07, 6.45) is 0. The van der Waals surface area contributed by atoms with E-state index in [1.165, 1.54) is 16.3 Å². The van der Waals surface area contributed by atoms with E-state index in [4.69, 9.17) is 0 Å². The molecule has 0 aliphatic carbocycles. The Morgan fingerprint density at radius 3 is 1.53 bits per heavy atom. The molecule has 0 heterocycles. The van der Waals surface area contributed by atoms with Gasteiger partial charge in [-0.3, -0.25) is 0 Å². The molecule has 0 saturated heterocycles. The zero-order valence-electron chi connectivity index (χ0n) is 31.8. The average molecular weight is 654 g/mol.